The van der Waals surface area contributed by atoms with Crippen molar-refractivity contribution in [2.75, 3.05) is 5.32 Å². The number of anilines is 1. The van der Waals surface area contributed by atoms with Crippen LogP contribution in [0.4, 0.5) is 11.4 Å². The number of aromatic nitrogens is 3. The van der Waals surface area contributed by atoms with Gasteiger partial charge in [0.15, 0.2) is 11.7 Å². The van der Waals surface area contributed by atoms with E-state index in [1.807, 2.05) is 27.7 Å². The van der Waals surface area contributed by atoms with Gasteiger partial charge in [-0.3, -0.25) is 19.3 Å². The number of aromatic hydroxyl groups is 2. The van der Waals surface area contributed by atoms with Crippen LogP contribution in [0, 0.1) is 13.8 Å². The lowest BCUT2D eigenvalue weighted by molar-refractivity contribution is 0.100. The van der Waals surface area contributed by atoms with Crippen LogP contribution in [0.15, 0.2) is 71.7 Å². The molecule has 0 spiro atoms. The molecule has 0 atom stereocenters. The lowest BCUT2D eigenvalue weighted by Gasteiger charge is -2.22. The molecule has 41 heavy (non-hydrogen) atoms. The third-order valence-electron chi connectivity index (χ3n) is 6.72. The number of nitrogens with one attached hydrogen (secondary N) is 2. The van der Waals surface area contributed by atoms with Crippen LogP contribution < -0.4 is 5.32 Å². The van der Waals surface area contributed by atoms with Gasteiger partial charge in [-0.15, -0.1) is 0 Å². The highest BCUT2D eigenvalue weighted by atomic mass is 16.3. The summed E-state index contributed by atoms with van der Waals surface area (Å²) in [6.45, 7) is 9.58. The third-order valence-corrected chi connectivity index (χ3v) is 6.72. The number of hydrogen-bond donors (Lipinski definition) is 4. The molecule has 0 saturated heterocycles. The van der Waals surface area contributed by atoms with Gasteiger partial charge in [0.2, 0.25) is 0 Å². The maximum atomic E-state index is 13.2. The molecule has 9 nitrogen and oxygen atoms in total. The van der Waals surface area contributed by atoms with Crippen LogP contribution in [-0.2, 0) is 5.54 Å². The molecule has 5 rings (SSSR count). The molecule has 2 heterocycles. The van der Waals surface area contributed by atoms with Gasteiger partial charge < -0.3 is 20.5 Å². The average molecular weight is 550 g/mol. The number of amides is 1. The number of ketones is 1. The number of hydrogen-bond acceptors (Lipinski definition) is 6. The molecule has 0 saturated carbocycles. The second-order valence-electron chi connectivity index (χ2n) is 11.0. The summed E-state index contributed by atoms with van der Waals surface area (Å²) in [4.78, 5) is 33.5. The summed E-state index contributed by atoms with van der Waals surface area (Å²) < 4.78 is 1.70. The molecule has 0 aliphatic carbocycles. The van der Waals surface area contributed by atoms with E-state index in [0.717, 1.165) is 11.3 Å². The van der Waals surface area contributed by atoms with Gasteiger partial charge in [-0.1, -0.05) is 18.2 Å². The molecule has 4 N–H and O–H groups in total. The molecular weight excluding hydrogens is 518 g/mol. The molecule has 0 radical (unpaired) electrons. The highest BCUT2D eigenvalue weighted by Crippen LogP contribution is 2.29. The fourth-order valence-corrected chi connectivity index (χ4v) is 4.53. The smallest absolute Gasteiger partial charge is 0.273 e. The van der Waals surface area contributed by atoms with Gasteiger partial charge in [0.05, 0.1) is 22.5 Å². The number of aromatic amines is 1. The first-order valence-corrected chi connectivity index (χ1v) is 13.1. The van der Waals surface area contributed by atoms with E-state index < -0.39 is 0 Å². The molecule has 2 aromatic heterocycles. The van der Waals surface area contributed by atoms with E-state index >= 15 is 0 Å². The Morgan fingerprint density at radius 1 is 0.951 bits per heavy atom. The Bertz CT molecular complexity index is 1820. The summed E-state index contributed by atoms with van der Waals surface area (Å²) in [7, 11) is 0. The van der Waals surface area contributed by atoms with E-state index in [0.29, 0.717) is 44.7 Å². The van der Waals surface area contributed by atoms with E-state index in [2.05, 4.69) is 20.4 Å². The predicted molar refractivity (Wildman–Crippen MR) is 160 cm³/mol. The molecule has 0 unspecified atom stereocenters. The van der Waals surface area contributed by atoms with Gasteiger partial charge in [0, 0.05) is 40.0 Å². The fourth-order valence-electron chi connectivity index (χ4n) is 4.53. The molecule has 208 valence electrons. The van der Waals surface area contributed by atoms with E-state index in [1.54, 1.807) is 78.3 Å². The largest absolute Gasteiger partial charge is 0.508 e. The summed E-state index contributed by atoms with van der Waals surface area (Å²) in [5.41, 5.74) is 4.65. The third kappa shape index (κ3) is 5.60. The Balaban J connectivity index is 1.33. The number of fused-ring (bicyclic) bond motifs is 1. The maximum absolute atomic E-state index is 13.2. The highest BCUT2D eigenvalue weighted by molar-refractivity contribution is 6.12. The average Bonchev–Trinajstić information content (AvgIpc) is 3.48. The van der Waals surface area contributed by atoms with Crippen LogP contribution in [0.1, 0.15) is 64.0 Å². The van der Waals surface area contributed by atoms with E-state index in [-0.39, 0.29) is 28.9 Å². The van der Waals surface area contributed by atoms with Crippen molar-refractivity contribution in [3.63, 3.8) is 0 Å². The monoisotopic (exact) mass is 549 g/mol. The van der Waals surface area contributed by atoms with Crippen LogP contribution in [0.3, 0.4) is 0 Å². The second kappa shape index (κ2) is 10.4. The number of benzene rings is 3. The number of carbonyl (C=O) groups is 2. The minimum Gasteiger partial charge on any atom is -0.508 e. The number of rotatable bonds is 6. The maximum Gasteiger partial charge on any atom is 0.273 e. The molecule has 0 aliphatic heterocycles. The first-order valence-electron chi connectivity index (χ1n) is 13.1. The Morgan fingerprint density at radius 3 is 2.34 bits per heavy atom. The lowest BCUT2D eigenvalue weighted by atomic mass is 10.0. The quantitative estimate of drug-likeness (QED) is 0.144. The van der Waals surface area contributed by atoms with Crippen molar-refractivity contribution < 1.29 is 19.8 Å². The zero-order valence-electron chi connectivity index (χ0n) is 23.5. The summed E-state index contributed by atoms with van der Waals surface area (Å²) in [5, 5.41) is 28.4. The molecule has 0 fully saturated rings. The SMILES string of the molecule is Cc1cc(C(=O)Nc2ccc(C(=O)c3ccc4c(C=Nc5ccc(C)c(O)c5)c(O)[nH]c4c3)cc2)n(C(C)(C)C)n1. The van der Waals surface area contributed by atoms with Crippen molar-refractivity contribution in [3.05, 3.63) is 100 Å². The fraction of sp³-hybridized carbons (Fsp3) is 0.188. The van der Waals surface area contributed by atoms with Crippen LogP contribution in [0.25, 0.3) is 10.9 Å². The van der Waals surface area contributed by atoms with Crippen molar-refractivity contribution in [1.29, 1.82) is 0 Å². The van der Waals surface area contributed by atoms with E-state index in [1.165, 1.54) is 6.21 Å². The number of aliphatic imine (C=N–C) groups is 1. The second-order valence-corrected chi connectivity index (χ2v) is 11.0. The molecule has 0 aliphatic rings. The Labute approximate surface area is 237 Å². The minimum absolute atomic E-state index is 0.0761. The van der Waals surface area contributed by atoms with Crippen LogP contribution in [-0.4, -0.2) is 42.9 Å². The summed E-state index contributed by atoms with van der Waals surface area (Å²) in [6, 6.07) is 18.7. The number of aryl methyl sites for hydroxylation is 2. The number of nitrogens with zero attached hydrogens (tertiary/aromatic N) is 3. The summed E-state index contributed by atoms with van der Waals surface area (Å²) >= 11 is 0. The lowest BCUT2D eigenvalue weighted by Crippen LogP contribution is -2.29. The van der Waals surface area contributed by atoms with Crippen molar-refractivity contribution in [2.24, 2.45) is 4.99 Å². The number of phenols is 1. The Hall–Kier alpha value is -5.18. The predicted octanol–water partition coefficient (Wildman–Crippen LogP) is 6.38. The number of H-pyrrole nitrogens is 1. The summed E-state index contributed by atoms with van der Waals surface area (Å²) in [5.74, 6) is -0.419. The standard InChI is InChI=1S/C32H31N5O4/c1-18-6-10-23(16-28(18)38)33-17-25-24-13-9-21(15-26(24)35-30(25)40)29(39)20-7-11-22(12-8-20)34-31(41)27-14-19(2)36-37(27)32(3,4)5/h6-17,35,38,40H,1-5H3,(H,34,41). The van der Waals surface area contributed by atoms with Gasteiger partial charge in [0.25, 0.3) is 5.91 Å². The number of carbonyl (C=O) groups excluding carboxylic acids is 2. The Morgan fingerprint density at radius 2 is 1.66 bits per heavy atom. The van der Waals surface area contributed by atoms with Gasteiger partial charge >= 0.3 is 0 Å². The van der Waals surface area contributed by atoms with Gasteiger partial charge in [-0.05, 0) is 82.6 Å². The Kier molecular flexibility index (Phi) is 6.96. The topological polar surface area (TPSA) is 133 Å². The van der Waals surface area contributed by atoms with Gasteiger partial charge in [0.1, 0.15) is 11.4 Å². The minimum atomic E-state index is -0.354. The van der Waals surface area contributed by atoms with E-state index in [4.69, 9.17) is 0 Å². The molecular formula is C32H31N5O4. The highest BCUT2D eigenvalue weighted by Gasteiger charge is 2.23. The van der Waals surface area contributed by atoms with Crippen LogP contribution >= 0.6 is 0 Å². The molecule has 5 aromatic rings. The van der Waals surface area contributed by atoms with Crippen molar-refractivity contribution in [1.82, 2.24) is 14.8 Å². The van der Waals surface area contributed by atoms with Crippen LogP contribution in [0.5, 0.6) is 11.6 Å². The molecule has 0 bridgehead atoms. The van der Waals surface area contributed by atoms with Crippen molar-refractivity contribution in [2.45, 2.75) is 40.2 Å². The van der Waals surface area contributed by atoms with Crippen molar-refractivity contribution >= 4 is 40.2 Å². The summed E-state index contributed by atoms with van der Waals surface area (Å²) in [6.07, 6.45) is 1.52. The van der Waals surface area contributed by atoms with Crippen molar-refractivity contribution in [3.8, 4) is 11.6 Å². The zero-order valence-corrected chi connectivity index (χ0v) is 23.5. The van der Waals surface area contributed by atoms with E-state index in [9.17, 15) is 19.8 Å². The molecule has 3 aromatic carbocycles. The normalized spacial score (nSPS) is 11.8. The van der Waals surface area contributed by atoms with Gasteiger partial charge in [-0.25, -0.2) is 0 Å². The first-order chi connectivity index (χ1) is 19.4. The molecule has 1 amide bonds. The first kappa shape index (κ1) is 27.4. The number of phenolic OH excluding ortho intramolecular Hbond substituents is 1. The van der Waals surface area contributed by atoms with Gasteiger partial charge in [-0.2, -0.15) is 5.10 Å². The molecule has 9 heteroatoms. The van der Waals surface area contributed by atoms with Crippen LogP contribution in [0.2, 0.25) is 0 Å². The zero-order chi connectivity index (χ0) is 29.5.